The van der Waals surface area contributed by atoms with Gasteiger partial charge in [-0.05, 0) is 50.4 Å². The van der Waals surface area contributed by atoms with Crippen LogP contribution in [0.1, 0.15) is 55.8 Å². The van der Waals surface area contributed by atoms with Crippen LogP contribution in [0.2, 0.25) is 0 Å². The Morgan fingerprint density at radius 2 is 1.88 bits per heavy atom. The van der Waals surface area contributed by atoms with Gasteiger partial charge >= 0.3 is 0 Å². The van der Waals surface area contributed by atoms with Gasteiger partial charge in [0.05, 0.1) is 0 Å². The van der Waals surface area contributed by atoms with Gasteiger partial charge in [-0.25, -0.2) is 0 Å². The second-order valence-electron chi connectivity index (χ2n) is 4.73. The average molecular weight is 219 g/mol. The Morgan fingerprint density at radius 3 is 2.50 bits per heavy atom. The fourth-order valence-electron chi connectivity index (χ4n) is 1.85. The summed E-state index contributed by atoms with van der Waals surface area (Å²) in [6, 6.07) is 7.22. The Morgan fingerprint density at radius 1 is 1.12 bits per heavy atom. The summed E-state index contributed by atoms with van der Waals surface area (Å²) < 4.78 is 0. The van der Waals surface area contributed by atoms with E-state index in [-0.39, 0.29) is 0 Å². The van der Waals surface area contributed by atoms with Crippen LogP contribution in [0.4, 0.5) is 0 Å². The normalized spacial score (nSPS) is 12.8. The highest BCUT2D eigenvalue weighted by Gasteiger charge is 2.04. The fraction of sp³-hybridized carbons (Fsp3) is 0.600. The highest BCUT2D eigenvalue weighted by molar-refractivity contribution is 5.31. The van der Waals surface area contributed by atoms with Crippen LogP contribution >= 0.6 is 0 Å². The van der Waals surface area contributed by atoms with Gasteiger partial charge in [0.15, 0.2) is 0 Å². The smallest absolute Gasteiger partial charge is 0.0291 e. The summed E-state index contributed by atoms with van der Waals surface area (Å²) in [5, 5.41) is 3.58. The van der Waals surface area contributed by atoms with E-state index in [9.17, 15) is 0 Å². The first-order valence-corrected chi connectivity index (χ1v) is 6.45. The van der Waals surface area contributed by atoms with Crippen molar-refractivity contribution >= 4 is 0 Å². The van der Waals surface area contributed by atoms with Crippen LogP contribution in [-0.2, 0) is 0 Å². The van der Waals surface area contributed by atoms with Crippen LogP contribution in [0.25, 0.3) is 0 Å². The first-order valence-electron chi connectivity index (χ1n) is 6.45. The molecule has 0 heterocycles. The lowest BCUT2D eigenvalue weighted by atomic mass is 10.0. The lowest BCUT2D eigenvalue weighted by molar-refractivity contribution is 0.543. The number of hydrogen-bond donors (Lipinski definition) is 1. The second-order valence-corrected chi connectivity index (χ2v) is 4.73. The van der Waals surface area contributed by atoms with Gasteiger partial charge in [0.25, 0.3) is 0 Å². The van der Waals surface area contributed by atoms with Crippen molar-refractivity contribution in [2.24, 2.45) is 0 Å². The number of hydrogen-bond acceptors (Lipinski definition) is 1. The highest BCUT2D eigenvalue weighted by Crippen LogP contribution is 2.16. The van der Waals surface area contributed by atoms with Crippen LogP contribution in [0.15, 0.2) is 18.2 Å². The summed E-state index contributed by atoms with van der Waals surface area (Å²) in [6.07, 6.45) is 3.90. The van der Waals surface area contributed by atoms with E-state index in [0.717, 1.165) is 6.54 Å². The van der Waals surface area contributed by atoms with Gasteiger partial charge in [0.2, 0.25) is 0 Å². The maximum Gasteiger partial charge on any atom is 0.0291 e. The minimum absolute atomic E-state index is 0.469. The summed E-state index contributed by atoms with van der Waals surface area (Å²) in [4.78, 5) is 0. The molecule has 1 nitrogen and oxygen atoms in total. The lowest BCUT2D eigenvalue weighted by Crippen LogP contribution is -2.19. The molecule has 0 saturated carbocycles. The van der Waals surface area contributed by atoms with Gasteiger partial charge in [0, 0.05) is 6.04 Å². The minimum atomic E-state index is 0.469. The molecule has 1 aromatic rings. The molecule has 0 radical (unpaired) electrons. The van der Waals surface area contributed by atoms with Gasteiger partial charge in [-0.3, -0.25) is 0 Å². The van der Waals surface area contributed by atoms with Crippen LogP contribution < -0.4 is 5.32 Å². The number of unbranched alkanes of at least 4 members (excludes halogenated alkanes) is 2. The van der Waals surface area contributed by atoms with Crippen molar-refractivity contribution in [1.82, 2.24) is 5.32 Å². The van der Waals surface area contributed by atoms with E-state index in [2.05, 4.69) is 51.2 Å². The molecule has 1 aromatic carbocycles. The number of benzene rings is 1. The molecule has 1 unspecified atom stereocenters. The molecule has 0 aliphatic heterocycles. The van der Waals surface area contributed by atoms with Crippen LogP contribution in [0, 0.1) is 13.8 Å². The van der Waals surface area contributed by atoms with E-state index in [1.54, 1.807) is 0 Å². The highest BCUT2D eigenvalue weighted by atomic mass is 14.9. The summed E-state index contributed by atoms with van der Waals surface area (Å²) in [5.74, 6) is 0. The molecule has 0 bridgehead atoms. The van der Waals surface area contributed by atoms with Gasteiger partial charge < -0.3 is 5.32 Å². The molecular weight excluding hydrogens is 194 g/mol. The lowest BCUT2D eigenvalue weighted by Gasteiger charge is -2.15. The molecule has 0 aliphatic rings. The number of aryl methyl sites for hydroxylation is 2. The van der Waals surface area contributed by atoms with E-state index in [1.165, 1.54) is 36.0 Å². The summed E-state index contributed by atoms with van der Waals surface area (Å²) in [6.45, 7) is 9.96. The second kappa shape index (κ2) is 6.70. The predicted molar refractivity (Wildman–Crippen MR) is 71.9 cm³/mol. The maximum atomic E-state index is 3.58. The molecule has 0 fully saturated rings. The average Bonchev–Trinajstić information content (AvgIpc) is 2.28. The first kappa shape index (κ1) is 13.2. The molecule has 1 heteroatoms. The van der Waals surface area contributed by atoms with E-state index < -0.39 is 0 Å². The Hall–Kier alpha value is -0.820. The van der Waals surface area contributed by atoms with Crippen molar-refractivity contribution in [3.05, 3.63) is 34.9 Å². The van der Waals surface area contributed by atoms with E-state index >= 15 is 0 Å². The molecule has 16 heavy (non-hydrogen) atoms. The van der Waals surface area contributed by atoms with Crippen molar-refractivity contribution in [3.8, 4) is 0 Å². The Kier molecular flexibility index (Phi) is 5.54. The zero-order valence-corrected chi connectivity index (χ0v) is 11.1. The minimum Gasteiger partial charge on any atom is -0.310 e. The maximum absolute atomic E-state index is 3.58. The zero-order chi connectivity index (χ0) is 12.0. The van der Waals surface area contributed by atoms with Crippen molar-refractivity contribution < 1.29 is 0 Å². The molecule has 0 spiro atoms. The number of rotatable bonds is 6. The number of nitrogens with one attached hydrogen (secondary N) is 1. The monoisotopic (exact) mass is 219 g/mol. The third kappa shape index (κ3) is 3.97. The van der Waals surface area contributed by atoms with E-state index in [4.69, 9.17) is 0 Å². The molecular formula is C15H25N. The van der Waals surface area contributed by atoms with Crippen molar-refractivity contribution in [3.63, 3.8) is 0 Å². The molecule has 1 rings (SSSR count). The predicted octanol–water partition coefficient (Wildman–Crippen LogP) is 4.14. The van der Waals surface area contributed by atoms with Crippen LogP contribution in [-0.4, -0.2) is 6.54 Å². The SMILES string of the molecule is CCCCCNC(C)c1ccc(C)c(C)c1. The standard InChI is InChI=1S/C15H25N/c1-5-6-7-10-16-14(4)15-9-8-12(2)13(3)11-15/h8-9,11,14,16H,5-7,10H2,1-4H3. The summed E-state index contributed by atoms with van der Waals surface area (Å²) in [7, 11) is 0. The largest absolute Gasteiger partial charge is 0.310 e. The van der Waals surface area contributed by atoms with Gasteiger partial charge in [-0.15, -0.1) is 0 Å². The van der Waals surface area contributed by atoms with Gasteiger partial charge in [-0.1, -0.05) is 38.0 Å². The molecule has 1 atom stereocenters. The summed E-state index contributed by atoms with van der Waals surface area (Å²) >= 11 is 0. The van der Waals surface area contributed by atoms with Gasteiger partial charge in [-0.2, -0.15) is 0 Å². The van der Waals surface area contributed by atoms with Gasteiger partial charge in [0.1, 0.15) is 0 Å². The van der Waals surface area contributed by atoms with Crippen LogP contribution in [0.3, 0.4) is 0 Å². The molecule has 1 N–H and O–H groups in total. The Labute approximate surface area is 100 Å². The zero-order valence-electron chi connectivity index (χ0n) is 11.1. The van der Waals surface area contributed by atoms with Crippen molar-refractivity contribution in [1.29, 1.82) is 0 Å². The first-order chi connectivity index (χ1) is 7.65. The molecule has 0 amide bonds. The van der Waals surface area contributed by atoms with E-state index in [1.807, 2.05) is 0 Å². The molecule has 0 aromatic heterocycles. The molecule has 0 aliphatic carbocycles. The van der Waals surface area contributed by atoms with Crippen molar-refractivity contribution in [2.75, 3.05) is 6.54 Å². The molecule has 0 saturated heterocycles. The fourth-order valence-corrected chi connectivity index (χ4v) is 1.85. The topological polar surface area (TPSA) is 12.0 Å². The Balaban J connectivity index is 2.46. The summed E-state index contributed by atoms with van der Waals surface area (Å²) in [5.41, 5.74) is 4.17. The quantitative estimate of drug-likeness (QED) is 0.709. The molecule has 90 valence electrons. The van der Waals surface area contributed by atoms with Crippen molar-refractivity contribution in [2.45, 2.75) is 53.0 Å². The van der Waals surface area contributed by atoms with E-state index in [0.29, 0.717) is 6.04 Å². The van der Waals surface area contributed by atoms with Crippen LogP contribution in [0.5, 0.6) is 0 Å². The Bertz CT molecular complexity index is 317. The third-order valence-corrected chi connectivity index (χ3v) is 3.26. The third-order valence-electron chi connectivity index (χ3n) is 3.26.